The van der Waals surface area contributed by atoms with E-state index in [1.54, 1.807) is 31.2 Å². The number of esters is 1. The quantitative estimate of drug-likeness (QED) is 0.293. The molecule has 0 amide bonds. The van der Waals surface area contributed by atoms with Gasteiger partial charge in [0.05, 0.1) is 6.61 Å². The second-order valence-electron chi connectivity index (χ2n) is 5.27. The number of unbranched alkanes of at least 4 members (excludes halogenated alkanes) is 3. The molecule has 0 spiro atoms. The number of hydrogen-bond donors (Lipinski definition) is 2. The monoisotopic (exact) mass is 342 g/mol. The predicted molar refractivity (Wildman–Crippen MR) is 87.1 cm³/mol. The van der Waals surface area contributed by atoms with Crippen LogP contribution in [0.1, 0.15) is 38.2 Å². The fourth-order valence-electron chi connectivity index (χ4n) is 1.99. The lowest BCUT2D eigenvalue weighted by Crippen LogP contribution is -2.06. The van der Waals surface area contributed by atoms with Gasteiger partial charge in [-0.05, 0) is 37.8 Å². The van der Waals surface area contributed by atoms with Crippen LogP contribution in [0.2, 0.25) is 0 Å². The normalized spacial score (nSPS) is 11.1. The highest BCUT2D eigenvalue weighted by molar-refractivity contribution is 7.46. The summed E-state index contributed by atoms with van der Waals surface area (Å²) in [5.74, 6) is -0.148. The molecule has 1 rings (SSSR count). The highest BCUT2D eigenvalue weighted by atomic mass is 31.2. The summed E-state index contributed by atoms with van der Waals surface area (Å²) in [7, 11) is -4.54. The van der Waals surface area contributed by atoms with E-state index in [-0.39, 0.29) is 11.7 Å². The highest BCUT2D eigenvalue weighted by Gasteiger charge is 2.17. The topological polar surface area (TPSA) is 93.1 Å². The van der Waals surface area contributed by atoms with Gasteiger partial charge in [-0.25, -0.2) is 9.36 Å². The fourth-order valence-corrected chi connectivity index (χ4v) is 2.42. The van der Waals surface area contributed by atoms with E-state index >= 15 is 0 Å². The third-order valence-electron chi connectivity index (χ3n) is 3.11. The number of rotatable bonds is 10. The van der Waals surface area contributed by atoms with Crippen molar-refractivity contribution >= 4 is 13.8 Å². The fraction of sp³-hybridized carbons (Fsp3) is 0.438. The first kappa shape index (κ1) is 19.4. The minimum absolute atomic E-state index is 0.219. The van der Waals surface area contributed by atoms with Crippen LogP contribution < -0.4 is 4.52 Å². The summed E-state index contributed by atoms with van der Waals surface area (Å²) in [4.78, 5) is 28.9. The second kappa shape index (κ2) is 9.50. The second-order valence-corrected chi connectivity index (χ2v) is 6.43. The Morgan fingerprint density at radius 3 is 2.48 bits per heavy atom. The van der Waals surface area contributed by atoms with Crippen LogP contribution in [0.4, 0.5) is 0 Å². The molecule has 0 aliphatic heterocycles. The highest BCUT2D eigenvalue weighted by Crippen LogP contribution is 2.39. The van der Waals surface area contributed by atoms with Gasteiger partial charge in [-0.3, -0.25) is 9.79 Å². The molecule has 0 radical (unpaired) electrons. The molecule has 1 aromatic rings. The van der Waals surface area contributed by atoms with Crippen molar-refractivity contribution in [3.63, 3.8) is 0 Å². The summed E-state index contributed by atoms with van der Waals surface area (Å²) in [6.45, 7) is 5.50. The van der Waals surface area contributed by atoms with Crippen molar-refractivity contribution in [3.05, 3.63) is 42.0 Å². The zero-order valence-electron chi connectivity index (χ0n) is 13.2. The summed E-state index contributed by atoms with van der Waals surface area (Å²) in [6, 6.07) is 6.81. The van der Waals surface area contributed by atoms with Crippen LogP contribution >= 0.6 is 7.82 Å². The molecule has 1 aromatic carbocycles. The molecule has 0 aliphatic carbocycles. The summed E-state index contributed by atoms with van der Waals surface area (Å²) in [5, 5.41) is 0. The first-order valence-electron chi connectivity index (χ1n) is 7.45. The van der Waals surface area contributed by atoms with Gasteiger partial charge in [-0.1, -0.05) is 37.6 Å². The van der Waals surface area contributed by atoms with Crippen molar-refractivity contribution in [3.8, 4) is 5.75 Å². The average molecular weight is 342 g/mol. The summed E-state index contributed by atoms with van der Waals surface area (Å²) in [6.07, 6.45) is 4.14. The number of phosphoric ester groups is 1. The van der Waals surface area contributed by atoms with E-state index in [1.165, 1.54) is 0 Å². The van der Waals surface area contributed by atoms with E-state index in [0.29, 0.717) is 18.6 Å². The van der Waals surface area contributed by atoms with Crippen LogP contribution in [0.25, 0.3) is 0 Å². The van der Waals surface area contributed by atoms with E-state index < -0.39 is 7.82 Å². The van der Waals surface area contributed by atoms with Gasteiger partial charge in [-0.15, -0.1) is 0 Å². The Morgan fingerprint density at radius 2 is 1.83 bits per heavy atom. The molecule has 0 saturated carbocycles. The van der Waals surface area contributed by atoms with Crippen LogP contribution in [0, 0.1) is 0 Å². The lowest BCUT2D eigenvalue weighted by atomic mass is 10.1. The number of benzene rings is 1. The van der Waals surface area contributed by atoms with E-state index in [0.717, 1.165) is 31.2 Å². The largest absolute Gasteiger partial charge is 0.524 e. The van der Waals surface area contributed by atoms with Gasteiger partial charge >= 0.3 is 13.8 Å². The molecule has 0 aromatic heterocycles. The lowest BCUT2D eigenvalue weighted by molar-refractivity contribution is -0.139. The molecule has 0 bridgehead atoms. The zero-order valence-corrected chi connectivity index (χ0v) is 14.1. The Morgan fingerprint density at radius 1 is 1.17 bits per heavy atom. The molecule has 6 nitrogen and oxygen atoms in total. The first-order valence-corrected chi connectivity index (χ1v) is 8.98. The maximum Gasteiger partial charge on any atom is 0.524 e. The molecule has 0 fully saturated rings. The molecular formula is C16H23O6P. The smallest absolute Gasteiger partial charge is 0.462 e. The van der Waals surface area contributed by atoms with Crippen LogP contribution in [0.5, 0.6) is 5.75 Å². The SMILES string of the molecule is C=C(C)C(=O)OCCCCCCc1ccccc1OP(=O)(O)O. The molecule has 0 aliphatic rings. The Kier molecular flexibility index (Phi) is 8.03. The Hall–Kier alpha value is -1.62. The zero-order chi connectivity index (χ0) is 17.3. The van der Waals surface area contributed by atoms with Crippen molar-refractivity contribution in [2.75, 3.05) is 6.61 Å². The van der Waals surface area contributed by atoms with Crippen molar-refractivity contribution in [1.29, 1.82) is 0 Å². The number of aryl methyl sites for hydroxylation is 1. The van der Waals surface area contributed by atoms with E-state index in [2.05, 4.69) is 11.1 Å². The molecule has 128 valence electrons. The maximum atomic E-state index is 11.2. The van der Waals surface area contributed by atoms with E-state index in [4.69, 9.17) is 14.5 Å². The van der Waals surface area contributed by atoms with Crippen LogP contribution in [0.3, 0.4) is 0 Å². The first-order chi connectivity index (χ1) is 10.8. The Balaban J connectivity index is 2.27. The average Bonchev–Trinajstić information content (AvgIpc) is 2.46. The summed E-state index contributed by atoms with van der Waals surface area (Å²) in [5.41, 5.74) is 1.16. The molecule has 0 heterocycles. The Labute approximate surface area is 136 Å². The summed E-state index contributed by atoms with van der Waals surface area (Å²) < 4.78 is 20.6. The van der Waals surface area contributed by atoms with E-state index in [9.17, 15) is 9.36 Å². The lowest BCUT2D eigenvalue weighted by Gasteiger charge is -2.11. The van der Waals surface area contributed by atoms with Crippen LogP contribution in [-0.2, 0) is 20.5 Å². The third-order valence-corrected chi connectivity index (χ3v) is 3.55. The number of carbonyl (C=O) groups is 1. The van der Waals surface area contributed by atoms with Crippen molar-refractivity contribution in [2.45, 2.75) is 39.0 Å². The van der Waals surface area contributed by atoms with Gasteiger partial charge < -0.3 is 9.26 Å². The van der Waals surface area contributed by atoms with Gasteiger partial charge in [0.2, 0.25) is 0 Å². The number of carbonyl (C=O) groups excluding carboxylic acids is 1. The summed E-state index contributed by atoms with van der Waals surface area (Å²) >= 11 is 0. The van der Waals surface area contributed by atoms with Gasteiger partial charge in [0.1, 0.15) is 5.75 Å². The molecular weight excluding hydrogens is 319 g/mol. The number of ether oxygens (including phenoxy) is 1. The van der Waals surface area contributed by atoms with Gasteiger partial charge in [-0.2, -0.15) is 0 Å². The van der Waals surface area contributed by atoms with E-state index in [1.807, 2.05) is 0 Å². The van der Waals surface area contributed by atoms with Crippen LogP contribution in [-0.4, -0.2) is 22.4 Å². The number of hydrogen-bond acceptors (Lipinski definition) is 4. The molecule has 2 N–H and O–H groups in total. The molecule has 0 atom stereocenters. The maximum absolute atomic E-state index is 11.2. The minimum atomic E-state index is -4.54. The Bertz CT molecular complexity index is 578. The minimum Gasteiger partial charge on any atom is -0.462 e. The standard InChI is InChI=1S/C16H23O6P/c1-13(2)16(17)21-12-8-4-3-5-9-14-10-6-7-11-15(14)22-23(18,19)20/h6-7,10-11H,1,3-5,8-9,12H2,2H3,(H2,18,19,20). The van der Waals surface area contributed by atoms with Crippen molar-refractivity contribution < 1.29 is 28.4 Å². The van der Waals surface area contributed by atoms with Crippen molar-refractivity contribution in [1.82, 2.24) is 0 Å². The molecule has 7 heteroatoms. The number of phosphoric acid groups is 1. The molecule has 23 heavy (non-hydrogen) atoms. The molecule has 0 unspecified atom stereocenters. The third kappa shape index (κ3) is 8.55. The van der Waals surface area contributed by atoms with Gasteiger partial charge in [0.25, 0.3) is 0 Å². The van der Waals surface area contributed by atoms with Crippen molar-refractivity contribution in [2.24, 2.45) is 0 Å². The molecule has 0 saturated heterocycles. The van der Waals surface area contributed by atoms with Crippen LogP contribution in [0.15, 0.2) is 36.4 Å². The predicted octanol–water partition coefficient (Wildman–Crippen LogP) is 3.38. The van der Waals surface area contributed by atoms with Gasteiger partial charge in [0.15, 0.2) is 0 Å². The van der Waals surface area contributed by atoms with Gasteiger partial charge in [0, 0.05) is 5.57 Å². The number of para-hydroxylation sites is 1.